The minimum atomic E-state index is -3.79. The average Bonchev–Trinajstić information content (AvgIpc) is 3.56. The van der Waals surface area contributed by atoms with E-state index in [0.29, 0.717) is 27.4 Å². The van der Waals surface area contributed by atoms with Crippen LogP contribution in [0.4, 0.5) is 32.2 Å². The SMILES string of the molecule is Cn1nc(NS(C)(=O)=O)c2c(Cl)ccc(-c3ccc(Cl)nc3C(Cc3cc(F)cc(F)c3)NC(=O)Cn3nc(C(F)F)c4c3C(F)(F)C3CC43)c21. The first-order valence-electron chi connectivity index (χ1n) is 15.2. The molecule has 2 aliphatic rings. The van der Waals surface area contributed by atoms with Crippen molar-refractivity contribution in [2.24, 2.45) is 13.0 Å². The zero-order valence-corrected chi connectivity index (χ0v) is 28.7. The van der Waals surface area contributed by atoms with Gasteiger partial charge in [0, 0.05) is 35.7 Å². The molecular formula is C32H25Cl2F6N7O3S. The quantitative estimate of drug-likeness (QED) is 0.116. The van der Waals surface area contributed by atoms with Crippen LogP contribution < -0.4 is 10.0 Å². The minimum Gasteiger partial charge on any atom is -0.346 e. The van der Waals surface area contributed by atoms with E-state index < -0.39 is 75.7 Å². The van der Waals surface area contributed by atoms with Gasteiger partial charge in [0.15, 0.2) is 5.82 Å². The molecular weight excluding hydrogens is 747 g/mol. The molecule has 7 rings (SSSR count). The molecule has 1 fully saturated rings. The van der Waals surface area contributed by atoms with Gasteiger partial charge in [0.05, 0.1) is 33.9 Å². The normalized spacial score (nSPS) is 18.2. The largest absolute Gasteiger partial charge is 0.346 e. The molecule has 51 heavy (non-hydrogen) atoms. The molecule has 3 aromatic heterocycles. The molecule has 0 radical (unpaired) electrons. The first-order chi connectivity index (χ1) is 23.9. The minimum absolute atomic E-state index is 0.0353. The third-order valence-corrected chi connectivity index (χ3v) is 9.98. The van der Waals surface area contributed by atoms with Crippen LogP contribution in [0.1, 0.15) is 53.0 Å². The summed E-state index contributed by atoms with van der Waals surface area (Å²) in [6.45, 7) is -0.887. The Morgan fingerprint density at radius 2 is 1.73 bits per heavy atom. The summed E-state index contributed by atoms with van der Waals surface area (Å²) in [5.74, 6) is -8.26. The van der Waals surface area contributed by atoms with E-state index in [0.717, 1.165) is 18.4 Å². The third kappa shape index (κ3) is 6.39. The lowest BCUT2D eigenvalue weighted by molar-refractivity contribution is -0.123. The Hall–Kier alpha value is -4.35. The zero-order valence-electron chi connectivity index (χ0n) is 26.4. The van der Waals surface area contributed by atoms with Crippen molar-refractivity contribution in [3.8, 4) is 11.1 Å². The van der Waals surface area contributed by atoms with E-state index in [-0.39, 0.29) is 51.0 Å². The Balaban J connectivity index is 1.33. The lowest BCUT2D eigenvalue weighted by Crippen LogP contribution is -2.35. The molecule has 5 aromatic rings. The van der Waals surface area contributed by atoms with Crippen molar-refractivity contribution in [1.29, 1.82) is 0 Å². The number of fused-ring (bicyclic) bond motifs is 4. The van der Waals surface area contributed by atoms with Crippen LogP contribution in [0.25, 0.3) is 22.0 Å². The van der Waals surface area contributed by atoms with Crippen LogP contribution in [0, 0.1) is 17.6 Å². The number of halogens is 8. The Kier molecular flexibility index (Phi) is 8.53. The van der Waals surface area contributed by atoms with Gasteiger partial charge in [-0.3, -0.25) is 18.9 Å². The highest BCUT2D eigenvalue weighted by Crippen LogP contribution is 2.68. The summed E-state index contributed by atoms with van der Waals surface area (Å²) in [7, 11) is -2.26. The molecule has 2 N–H and O–H groups in total. The number of hydrogen-bond acceptors (Lipinski definition) is 6. The topological polar surface area (TPSA) is 124 Å². The Morgan fingerprint density at radius 1 is 1.04 bits per heavy atom. The summed E-state index contributed by atoms with van der Waals surface area (Å²) in [6, 6.07) is 7.48. The van der Waals surface area contributed by atoms with Gasteiger partial charge in [-0.2, -0.15) is 19.0 Å². The highest BCUT2D eigenvalue weighted by atomic mass is 35.5. The Bertz CT molecular complexity index is 2350. The fourth-order valence-corrected chi connectivity index (χ4v) is 7.81. The van der Waals surface area contributed by atoms with Gasteiger partial charge in [-0.1, -0.05) is 29.3 Å². The fraction of sp³-hybridized carbons (Fsp3) is 0.312. The number of hydrogen-bond donors (Lipinski definition) is 2. The molecule has 268 valence electrons. The van der Waals surface area contributed by atoms with Crippen molar-refractivity contribution in [2.45, 2.75) is 43.7 Å². The molecule has 0 aliphatic heterocycles. The Labute approximate surface area is 295 Å². The number of carbonyl (C=O) groups is 1. The van der Waals surface area contributed by atoms with Crippen LogP contribution in [0.3, 0.4) is 0 Å². The molecule has 0 saturated heterocycles. The fourth-order valence-electron chi connectivity index (χ4n) is 6.92. The highest BCUT2D eigenvalue weighted by Gasteiger charge is 2.67. The van der Waals surface area contributed by atoms with Crippen molar-refractivity contribution in [3.63, 3.8) is 0 Å². The second kappa shape index (κ2) is 12.4. The van der Waals surface area contributed by atoms with E-state index in [1.165, 1.54) is 29.9 Å². The summed E-state index contributed by atoms with van der Waals surface area (Å²) in [5, 5.41) is 10.9. The van der Waals surface area contributed by atoms with Gasteiger partial charge >= 0.3 is 0 Å². The molecule has 3 unspecified atom stereocenters. The van der Waals surface area contributed by atoms with E-state index in [1.54, 1.807) is 6.07 Å². The van der Waals surface area contributed by atoms with E-state index in [4.69, 9.17) is 23.2 Å². The van der Waals surface area contributed by atoms with Crippen LogP contribution in [0.5, 0.6) is 0 Å². The summed E-state index contributed by atoms with van der Waals surface area (Å²) in [5.41, 5.74) is -0.672. The van der Waals surface area contributed by atoms with Crippen LogP contribution in [-0.2, 0) is 40.8 Å². The number of nitrogens with zero attached hydrogens (tertiary/aromatic N) is 5. The number of rotatable bonds is 10. The van der Waals surface area contributed by atoms with Gasteiger partial charge in [0.2, 0.25) is 15.9 Å². The number of nitrogens with one attached hydrogen (secondary N) is 2. The Morgan fingerprint density at radius 3 is 2.39 bits per heavy atom. The van der Waals surface area contributed by atoms with Crippen LogP contribution in [-0.4, -0.2) is 45.1 Å². The molecule has 1 amide bonds. The molecule has 0 spiro atoms. The van der Waals surface area contributed by atoms with Crippen molar-refractivity contribution < 1.29 is 39.6 Å². The lowest BCUT2D eigenvalue weighted by Gasteiger charge is -2.23. The summed E-state index contributed by atoms with van der Waals surface area (Å²) in [4.78, 5) is 18.1. The number of pyridine rings is 1. The van der Waals surface area contributed by atoms with E-state index >= 15 is 8.78 Å². The summed E-state index contributed by atoms with van der Waals surface area (Å²) >= 11 is 12.8. The summed E-state index contributed by atoms with van der Waals surface area (Å²) in [6.07, 6.45) is -2.48. The predicted octanol–water partition coefficient (Wildman–Crippen LogP) is 7.04. The maximum Gasteiger partial charge on any atom is 0.293 e. The molecule has 2 aliphatic carbocycles. The second-order valence-corrected chi connectivity index (χ2v) is 15.1. The number of anilines is 1. The van der Waals surface area contributed by atoms with E-state index in [1.807, 2.05) is 0 Å². The van der Waals surface area contributed by atoms with Gasteiger partial charge < -0.3 is 5.32 Å². The van der Waals surface area contributed by atoms with Crippen molar-refractivity contribution in [3.05, 3.63) is 92.5 Å². The number of carbonyl (C=O) groups excluding carboxylic acids is 1. The first kappa shape index (κ1) is 35.1. The van der Waals surface area contributed by atoms with E-state index in [9.17, 15) is 30.8 Å². The van der Waals surface area contributed by atoms with Gasteiger partial charge in [0.1, 0.15) is 34.7 Å². The average molecular weight is 773 g/mol. The molecule has 3 heterocycles. The smallest absolute Gasteiger partial charge is 0.293 e. The lowest BCUT2D eigenvalue weighted by atomic mass is 9.94. The molecule has 0 bridgehead atoms. The number of alkyl halides is 4. The molecule has 19 heteroatoms. The van der Waals surface area contributed by atoms with E-state index in [2.05, 4.69) is 25.2 Å². The van der Waals surface area contributed by atoms with Crippen LogP contribution in [0.2, 0.25) is 10.2 Å². The summed E-state index contributed by atoms with van der Waals surface area (Å²) < 4.78 is 115. The first-order valence-corrected chi connectivity index (χ1v) is 17.9. The maximum absolute atomic E-state index is 15.2. The standard InChI is InChI=1S/C32H25Cl2F6N7O3S/c1-46-28-17(3-5-20(33)25(28)31(44-46)45-51(2,49)50)16-4-6-22(34)42-26(16)21(9-13-7-14(35)10-15(36)8-13)41-23(48)12-47-29-24(27(43-47)30(37)38)18-11-19(18)32(29,39)40/h3-8,10,18-19,21,30H,9,11-12H2,1-2H3,(H,41,48)(H,44,45). The van der Waals surface area contributed by atoms with Gasteiger partial charge in [-0.25, -0.2) is 31.0 Å². The number of benzene rings is 2. The number of sulfonamides is 1. The second-order valence-electron chi connectivity index (χ2n) is 12.5. The molecule has 10 nitrogen and oxygen atoms in total. The monoisotopic (exact) mass is 771 g/mol. The molecule has 2 aromatic carbocycles. The van der Waals surface area contributed by atoms with Gasteiger partial charge in [-0.05, 0) is 54.7 Å². The zero-order chi connectivity index (χ0) is 36.7. The maximum atomic E-state index is 15.2. The predicted molar refractivity (Wildman–Crippen MR) is 175 cm³/mol. The van der Waals surface area contributed by atoms with Crippen molar-refractivity contribution >= 4 is 55.9 Å². The molecule has 3 atom stereocenters. The van der Waals surface area contributed by atoms with Crippen LogP contribution in [0.15, 0.2) is 42.5 Å². The van der Waals surface area contributed by atoms with Crippen molar-refractivity contribution in [1.82, 2.24) is 29.9 Å². The van der Waals surface area contributed by atoms with Crippen molar-refractivity contribution in [2.75, 3.05) is 11.0 Å². The number of amides is 1. The van der Waals surface area contributed by atoms with Crippen LogP contribution >= 0.6 is 23.2 Å². The molecule has 1 saturated carbocycles. The number of aryl methyl sites for hydroxylation is 1. The van der Waals surface area contributed by atoms with Gasteiger partial charge in [0.25, 0.3) is 12.3 Å². The third-order valence-electron chi connectivity index (χ3n) is 8.89. The number of aromatic nitrogens is 5. The highest BCUT2D eigenvalue weighted by molar-refractivity contribution is 7.92. The van der Waals surface area contributed by atoms with Gasteiger partial charge in [-0.15, -0.1) is 0 Å².